The second kappa shape index (κ2) is 5.82. The molecule has 0 aliphatic rings. The zero-order valence-electron chi connectivity index (χ0n) is 12.4. The summed E-state index contributed by atoms with van der Waals surface area (Å²) in [6, 6.07) is 3.53. The first-order chi connectivity index (χ1) is 9.86. The van der Waals surface area contributed by atoms with E-state index >= 15 is 0 Å². The fourth-order valence-electron chi connectivity index (χ4n) is 2.16. The van der Waals surface area contributed by atoms with Gasteiger partial charge in [0.1, 0.15) is 22.8 Å². The van der Waals surface area contributed by atoms with E-state index in [0.29, 0.717) is 17.1 Å². The van der Waals surface area contributed by atoms with Gasteiger partial charge in [0.2, 0.25) is 10.0 Å². The maximum absolute atomic E-state index is 12.8. The van der Waals surface area contributed by atoms with Gasteiger partial charge in [0.05, 0.1) is 13.7 Å². The van der Waals surface area contributed by atoms with E-state index in [-0.39, 0.29) is 11.4 Å². The molecule has 0 radical (unpaired) electrons. The molecule has 8 heteroatoms. The third kappa shape index (κ3) is 3.06. The van der Waals surface area contributed by atoms with Gasteiger partial charge in [-0.25, -0.2) is 13.4 Å². The van der Waals surface area contributed by atoms with Crippen molar-refractivity contribution in [1.82, 2.24) is 19.5 Å². The van der Waals surface area contributed by atoms with Crippen molar-refractivity contribution < 1.29 is 13.2 Å². The Morgan fingerprint density at radius 3 is 2.62 bits per heavy atom. The average Bonchev–Trinajstić information content (AvgIpc) is 2.89. The molecule has 0 fully saturated rings. The smallest absolute Gasteiger partial charge is 0.247 e. The minimum absolute atomic E-state index is 0.110. The number of benzene rings is 1. The Bertz CT molecular complexity index is 726. The number of nitrogens with one attached hydrogen (secondary N) is 1. The van der Waals surface area contributed by atoms with E-state index in [4.69, 9.17) is 4.74 Å². The molecule has 1 heterocycles. The summed E-state index contributed by atoms with van der Waals surface area (Å²) in [6.07, 6.45) is 1.34. The van der Waals surface area contributed by atoms with Crippen LogP contribution < -0.4 is 4.74 Å². The molecule has 2 rings (SSSR count). The van der Waals surface area contributed by atoms with Crippen LogP contribution in [0.3, 0.4) is 0 Å². The summed E-state index contributed by atoms with van der Waals surface area (Å²) in [6.45, 7) is 3.76. The zero-order valence-corrected chi connectivity index (χ0v) is 13.2. The van der Waals surface area contributed by atoms with Gasteiger partial charge < -0.3 is 4.74 Å². The summed E-state index contributed by atoms with van der Waals surface area (Å²) in [4.78, 5) is 4.12. The molecule has 0 atom stereocenters. The number of aryl methyl sites for hydroxylation is 2. The molecule has 0 spiro atoms. The Labute approximate surface area is 124 Å². The van der Waals surface area contributed by atoms with Crippen molar-refractivity contribution in [3.05, 3.63) is 35.4 Å². The minimum atomic E-state index is -3.68. The maximum atomic E-state index is 12.8. The number of methoxy groups -OCH3 is 1. The van der Waals surface area contributed by atoms with Gasteiger partial charge in [-0.05, 0) is 31.0 Å². The van der Waals surface area contributed by atoms with E-state index in [1.165, 1.54) is 24.8 Å². The average molecular weight is 310 g/mol. The summed E-state index contributed by atoms with van der Waals surface area (Å²) >= 11 is 0. The monoisotopic (exact) mass is 310 g/mol. The summed E-state index contributed by atoms with van der Waals surface area (Å²) in [5, 5.41) is 6.36. The van der Waals surface area contributed by atoms with E-state index in [1.54, 1.807) is 13.0 Å². The van der Waals surface area contributed by atoms with Gasteiger partial charge in [-0.2, -0.15) is 9.40 Å². The second-order valence-corrected chi connectivity index (χ2v) is 6.79. The highest BCUT2D eigenvalue weighted by Crippen LogP contribution is 2.31. The van der Waals surface area contributed by atoms with Crippen LogP contribution in [0.1, 0.15) is 17.0 Å². The number of sulfonamides is 1. The van der Waals surface area contributed by atoms with Crippen molar-refractivity contribution in [2.45, 2.75) is 25.3 Å². The van der Waals surface area contributed by atoms with Crippen molar-refractivity contribution >= 4 is 10.0 Å². The summed E-state index contributed by atoms with van der Waals surface area (Å²) in [7, 11) is -0.726. The van der Waals surface area contributed by atoms with Crippen molar-refractivity contribution in [2.24, 2.45) is 0 Å². The highest BCUT2D eigenvalue weighted by atomic mass is 32.2. The molecule has 0 amide bonds. The highest BCUT2D eigenvalue weighted by molar-refractivity contribution is 7.89. The van der Waals surface area contributed by atoms with Crippen LogP contribution in [0.15, 0.2) is 23.4 Å². The third-order valence-electron chi connectivity index (χ3n) is 3.11. The molecule has 2 aromatic rings. The number of H-pyrrole nitrogens is 1. The number of rotatable bonds is 5. The van der Waals surface area contributed by atoms with Crippen LogP contribution in [0, 0.1) is 13.8 Å². The lowest BCUT2D eigenvalue weighted by Crippen LogP contribution is -2.28. The number of nitrogens with zero attached hydrogens (tertiary/aromatic N) is 3. The van der Waals surface area contributed by atoms with Crippen LogP contribution in [-0.2, 0) is 16.6 Å². The molecule has 0 saturated heterocycles. The normalized spacial score (nSPS) is 11.9. The Morgan fingerprint density at radius 1 is 1.33 bits per heavy atom. The predicted octanol–water partition coefficient (Wildman–Crippen LogP) is 1.25. The third-order valence-corrected chi connectivity index (χ3v) is 5.10. The van der Waals surface area contributed by atoms with Crippen molar-refractivity contribution in [1.29, 1.82) is 0 Å². The lowest BCUT2D eigenvalue weighted by molar-refractivity contribution is 0.395. The lowest BCUT2D eigenvalue weighted by atomic mass is 10.1. The first-order valence-corrected chi connectivity index (χ1v) is 7.76. The first kappa shape index (κ1) is 15.5. The molecule has 0 aliphatic carbocycles. The first-order valence-electron chi connectivity index (χ1n) is 6.32. The summed E-state index contributed by atoms with van der Waals surface area (Å²) in [5.74, 6) is 0.821. The van der Waals surface area contributed by atoms with E-state index in [0.717, 1.165) is 5.56 Å². The van der Waals surface area contributed by atoms with Crippen LogP contribution in [0.25, 0.3) is 0 Å². The SMILES string of the molecule is COc1cc(C)cc(C)c1S(=O)(=O)N(C)Cc1ncn[nH]1. The quantitative estimate of drug-likeness (QED) is 0.898. The van der Waals surface area contributed by atoms with Gasteiger partial charge >= 0.3 is 0 Å². The standard InChI is InChI=1S/C13H18N4O3S/c1-9-5-10(2)13(11(6-9)20-4)21(18,19)17(3)7-12-14-8-15-16-12/h5-6,8H,7H2,1-4H3,(H,14,15,16). The van der Waals surface area contributed by atoms with Gasteiger partial charge in [-0.1, -0.05) is 6.07 Å². The molecule has 1 N–H and O–H groups in total. The fourth-order valence-corrected chi connectivity index (χ4v) is 3.62. The van der Waals surface area contributed by atoms with E-state index in [2.05, 4.69) is 15.2 Å². The van der Waals surface area contributed by atoms with Gasteiger partial charge in [-0.3, -0.25) is 5.10 Å². The van der Waals surface area contributed by atoms with Gasteiger partial charge in [-0.15, -0.1) is 0 Å². The summed E-state index contributed by atoms with van der Waals surface area (Å²) in [5.41, 5.74) is 1.59. The fraction of sp³-hybridized carbons (Fsp3) is 0.385. The molecule has 1 aromatic carbocycles. The molecule has 1 aromatic heterocycles. The Morgan fingerprint density at radius 2 is 2.05 bits per heavy atom. The van der Waals surface area contributed by atoms with E-state index < -0.39 is 10.0 Å². The Kier molecular flexibility index (Phi) is 4.29. The van der Waals surface area contributed by atoms with Gasteiger partial charge in [0.25, 0.3) is 0 Å². The van der Waals surface area contributed by atoms with Crippen LogP contribution in [0.2, 0.25) is 0 Å². The van der Waals surface area contributed by atoms with Gasteiger partial charge in [0.15, 0.2) is 0 Å². The number of aromatic nitrogens is 3. The predicted molar refractivity (Wildman–Crippen MR) is 77.5 cm³/mol. The molecule has 0 unspecified atom stereocenters. The molecular weight excluding hydrogens is 292 g/mol. The molecule has 114 valence electrons. The van der Waals surface area contributed by atoms with E-state index in [1.807, 2.05) is 13.0 Å². The van der Waals surface area contributed by atoms with Crippen molar-refractivity contribution in [3.63, 3.8) is 0 Å². The second-order valence-electron chi connectivity index (χ2n) is 4.81. The van der Waals surface area contributed by atoms with Crippen LogP contribution in [0.4, 0.5) is 0 Å². The highest BCUT2D eigenvalue weighted by Gasteiger charge is 2.27. The van der Waals surface area contributed by atoms with E-state index in [9.17, 15) is 8.42 Å². The molecule has 0 saturated carbocycles. The molecule has 21 heavy (non-hydrogen) atoms. The number of aromatic amines is 1. The lowest BCUT2D eigenvalue weighted by Gasteiger charge is -2.20. The van der Waals surface area contributed by atoms with Crippen LogP contribution >= 0.6 is 0 Å². The molecule has 7 nitrogen and oxygen atoms in total. The topological polar surface area (TPSA) is 88.2 Å². The zero-order chi connectivity index (χ0) is 15.6. The molecular formula is C13H18N4O3S. The van der Waals surface area contributed by atoms with Crippen molar-refractivity contribution in [2.75, 3.05) is 14.2 Å². The number of hydrogen-bond donors (Lipinski definition) is 1. The molecule has 0 aliphatic heterocycles. The number of ether oxygens (including phenoxy) is 1. The largest absolute Gasteiger partial charge is 0.495 e. The Hall–Kier alpha value is -1.93. The number of hydrogen-bond acceptors (Lipinski definition) is 5. The Balaban J connectivity index is 2.44. The van der Waals surface area contributed by atoms with Crippen LogP contribution in [0.5, 0.6) is 5.75 Å². The minimum Gasteiger partial charge on any atom is -0.495 e. The van der Waals surface area contributed by atoms with Crippen LogP contribution in [-0.4, -0.2) is 42.1 Å². The molecule has 0 bridgehead atoms. The maximum Gasteiger partial charge on any atom is 0.247 e. The summed E-state index contributed by atoms with van der Waals surface area (Å²) < 4.78 is 32.0. The van der Waals surface area contributed by atoms with Crippen molar-refractivity contribution in [3.8, 4) is 5.75 Å². The van der Waals surface area contributed by atoms with Gasteiger partial charge in [0, 0.05) is 7.05 Å².